The standard InChI is InChI=1S/C11H20N2O2S/c1-2-3-4-5-8-13-16(14,15)11-6-9-12-10-7-11/h1,11-13H,3-10H2. The van der Waals surface area contributed by atoms with Crippen molar-refractivity contribution in [1.82, 2.24) is 10.0 Å². The lowest BCUT2D eigenvalue weighted by Gasteiger charge is -2.22. The molecule has 0 spiro atoms. The van der Waals surface area contributed by atoms with Gasteiger partial charge in [0.1, 0.15) is 0 Å². The van der Waals surface area contributed by atoms with Gasteiger partial charge in [-0.1, -0.05) is 0 Å². The zero-order valence-corrected chi connectivity index (χ0v) is 10.4. The van der Waals surface area contributed by atoms with Gasteiger partial charge in [0.15, 0.2) is 0 Å². The lowest BCUT2D eigenvalue weighted by atomic mass is 10.2. The Kier molecular flexibility index (Phi) is 5.81. The lowest BCUT2D eigenvalue weighted by molar-refractivity contribution is 0.488. The average molecular weight is 244 g/mol. The summed E-state index contributed by atoms with van der Waals surface area (Å²) in [5, 5.41) is 2.94. The minimum atomic E-state index is -3.11. The molecule has 16 heavy (non-hydrogen) atoms. The molecule has 2 N–H and O–H groups in total. The third-order valence-corrected chi connectivity index (χ3v) is 4.73. The molecule has 0 aromatic heterocycles. The highest BCUT2D eigenvalue weighted by atomic mass is 32.2. The van der Waals surface area contributed by atoms with E-state index < -0.39 is 10.0 Å². The first kappa shape index (κ1) is 13.5. The van der Waals surface area contributed by atoms with Crippen LogP contribution in [0, 0.1) is 12.3 Å². The summed E-state index contributed by atoms with van der Waals surface area (Å²) in [4.78, 5) is 0. The fourth-order valence-corrected chi connectivity index (χ4v) is 3.31. The van der Waals surface area contributed by atoms with Gasteiger partial charge in [0.05, 0.1) is 5.25 Å². The van der Waals surface area contributed by atoms with E-state index in [0.717, 1.165) is 32.4 Å². The molecule has 0 aliphatic carbocycles. The van der Waals surface area contributed by atoms with Crippen LogP contribution in [0.1, 0.15) is 32.1 Å². The van der Waals surface area contributed by atoms with Crippen LogP contribution in [0.3, 0.4) is 0 Å². The van der Waals surface area contributed by atoms with Gasteiger partial charge < -0.3 is 5.32 Å². The Hall–Kier alpha value is -0.570. The largest absolute Gasteiger partial charge is 0.317 e. The van der Waals surface area contributed by atoms with Crippen LogP contribution in [0.4, 0.5) is 0 Å². The summed E-state index contributed by atoms with van der Waals surface area (Å²) < 4.78 is 26.3. The molecule has 0 saturated carbocycles. The van der Waals surface area contributed by atoms with Crippen molar-refractivity contribution in [3.63, 3.8) is 0 Å². The van der Waals surface area contributed by atoms with Crippen LogP contribution in [0.5, 0.6) is 0 Å². The molecule has 0 bridgehead atoms. The zero-order valence-electron chi connectivity index (χ0n) is 9.54. The van der Waals surface area contributed by atoms with Gasteiger partial charge in [0.2, 0.25) is 10.0 Å². The van der Waals surface area contributed by atoms with Gasteiger partial charge in [-0.05, 0) is 38.8 Å². The predicted octanol–water partition coefficient (Wildman–Crippen LogP) is 0.461. The third kappa shape index (κ3) is 4.52. The second-order valence-corrected chi connectivity index (χ2v) is 6.10. The Balaban J connectivity index is 2.25. The number of unbranched alkanes of at least 4 members (excludes halogenated alkanes) is 2. The monoisotopic (exact) mass is 244 g/mol. The van der Waals surface area contributed by atoms with Gasteiger partial charge in [0, 0.05) is 13.0 Å². The van der Waals surface area contributed by atoms with Crippen molar-refractivity contribution in [2.45, 2.75) is 37.4 Å². The molecule has 1 heterocycles. The number of hydrogen-bond donors (Lipinski definition) is 2. The predicted molar refractivity (Wildman–Crippen MR) is 65.5 cm³/mol. The second-order valence-electron chi connectivity index (χ2n) is 4.05. The van der Waals surface area contributed by atoms with Crippen molar-refractivity contribution in [3.8, 4) is 12.3 Å². The van der Waals surface area contributed by atoms with Crippen molar-refractivity contribution >= 4 is 10.0 Å². The molecule has 92 valence electrons. The molecule has 0 radical (unpaired) electrons. The summed E-state index contributed by atoms with van der Waals surface area (Å²) >= 11 is 0. The molecule has 5 heteroatoms. The Morgan fingerprint density at radius 2 is 2.00 bits per heavy atom. The number of sulfonamides is 1. The highest BCUT2D eigenvalue weighted by Crippen LogP contribution is 2.11. The number of rotatable bonds is 6. The fraction of sp³-hybridized carbons (Fsp3) is 0.818. The molecular weight excluding hydrogens is 224 g/mol. The van der Waals surface area contributed by atoms with Crippen molar-refractivity contribution in [2.75, 3.05) is 19.6 Å². The maximum atomic E-state index is 11.8. The van der Waals surface area contributed by atoms with Crippen molar-refractivity contribution in [1.29, 1.82) is 0 Å². The summed E-state index contributed by atoms with van der Waals surface area (Å²) in [5.41, 5.74) is 0. The number of nitrogens with one attached hydrogen (secondary N) is 2. The fourth-order valence-electron chi connectivity index (χ4n) is 1.79. The van der Waals surface area contributed by atoms with Gasteiger partial charge in [-0.3, -0.25) is 0 Å². The molecule has 0 unspecified atom stereocenters. The first-order valence-electron chi connectivity index (χ1n) is 5.79. The van der Waals surface area contributed by atoms with E-state index in [-0.39, 0.29) is 5.25 Å². The molecule has 1 aliphatic heterocycles. The average Bonchev–Trinajstić information content (AvgIpc) is 2.30. The molecular formula is C11H20N2O2S. The number of piperidine rings is 1. The van der Waals surface area contributed by atoms with E-state index in [1.54, 1.807) is 0 Å². The summed E-state index contributed by atoms with van der Waals surface area (Å²) in [7, 11) is -3.11. The summed E-state index contributed by atoms with van der Waals surface area (Å²) in [5.74, 6) is 2.54. The minimum Gasteiger partial charge on any atom is -0.317 e. The van der Waals surface area contributed by atoms with E-state index in [9.17, 15) is 8.42 Å². The first-order chi connectivity index (χ1) is 7.67. The van der Waals surface area contributed by atoms with E-state index >= 15 is 0 Å². The molecule has 0 aromatic rings. The highest BCUT2D eigenvalue weighted by Gasteiger charge is 2.26. The summed E-state index contributed by atoms with van der Waals surface area (Å²) in [6.45, 7) is 2.10. The Labute approximate surface area is 98.2 Å². The Morgan fingerprint density at radius 1 is 1.31 bits per heavy atom. The maximum absolute atomic E-state index is 11.8. The van der Waals surface area contributed by atoms with Gasteiger partial charge in [-0.2, -0.15) is 0 Å². The Morgan fingerprint density at radius 3 is 2.62 bits per heavy atom. The van der Waals surface area contributed by atoms with E-state index in [1.165, 1.54) is 0 Å². The van der Waals surface area contributed by atoms with Crippen LogP contribution in [0.25, 0.3) is 0 Å². The quantitative estimate of drug-likeness (QED) is 0.527. The van der Waals surface area contributed by atoms with E-state index in [1.807, 2.05) is 0 Å². The van der Waals surface area contributed by atoms with Crippen molar-refractivity contribution in [2.24, 2.45) is 0 Å². The van der Waals surface area contributed by atoms with E-state index in [4.69, 9.17) is 6.42 Å². The van der Waals surface area contributed by atoms with Crippen LogP contribution < -0.4 is 10.0 Å². The number of terminal acetylenes is 1. The lowest BCUT2D eigenvalue weighted by Crippen LogP contribution is -2.41. The number of hydrogen-bond acceptors (Lipinski definition) is 3. The van der Waals surface area contributed by atoms with Gasteiger partial charge >= 0.3 is 0 Å². The maximum Gasteiger partial charge on any atom is 0.214 e. The molecule has 0 amide bonds. The Bertz CT molecular complexity index is 326. The van der Waals surface area contributed by atoms with Crippen LogP contribution in [-0.2, 0) is 10.0 Å². The van der Waals surface area contributed by atoms with Crippen molar-refractivity contribution in [3.05, 3.63) is 0 Å². The summed E-state index contributed by atoms with van der Waals surface area (Å²) in [6, 6.07) is 0. The van der Waals surface area contributed by atoms with Crippen molar-refractivity contribution < 1.29 is 8.42 Å². The molecule has 0 aromatic carbocycles. The molecule has 0 atom stereocenters. The van der Waals surface area contributed by atoms with Gasteiger partial charge in [-0.25, -0.2) is 13.1 Å². The normalized spacial score (nSPS) is 18.2. The highest BCUT2D eigenvalue weighted by molar-refractivity contribution is 7.90. The van der Waals surface area contributed by atoms with E-state index in [2.05, 4.69) is 16.0 Å². The molecule has 1 fully saturated rings. The van der Waals surface area contributed by atoms with Gasteiger partial charge in [0.25, 0.3) is 0 Å². The topological polar surface area (TPSA) is 58.2 Å². The van der Waals surface area contributed by atoms with Crippen LogP contribution in [0.15, 0.2) is 0 Å². The first-order valence-corrected chi connectivity index (χ1v) is 7.34. The van der Waals surface area contributed by atoms with Crippen LogP contribution in [-0.4, -0.2) is 33.3 Å². The van der Waals surface area contributed by atoms with Crippen LogP contribution in [0.2, 0.25) is 0 Å². The minimum absolute atomic E-state index is 0.221. The molecule has 4 nitrogen and oxygen atoms in total. The van der Waals surface area contributed by atoms with Crippen LogP contribution >= 0.6 is 0 Å². The van der Waals surface area contributed by atoms with Gasteiger partial charge in [-0.15, -0.1) is 12.3 Å². The summed E-state index contributed by atoms with van der Waals surface area (Å²) in [6.07, 6.45) is 8.95. The zero-order chi connectivity index (χ0) is 11.9. The SMILES string of the molecule is C#CCCCCNS(=O)(=O)C1CCNCC1. The molecule has 1 saturated heterocycles. The smallest absolute Gasteiger partial charge is 0.214 e. The second kappa shape index (κ2) is 6.89. The molecule has 1 aliphatic rings. The third-order valence-electron chi connectivity index (χ3n) is 2.78. The van der Waals surface area contributed by atoms with E-state index in [0.29, 0.717) is 19.4 Å². The molecule has 1 rings (SSSR count).